The number of nitrogens with two attached hydrogens (primary N) is 2. The van der Waals surface area contributed by atoms with E-state index >= 15 is 0 Å². The summed E-state index contributed by atoms with van der Waals surface area (Å²) in [4.78, 5) is 6.91. The van der Waals surface area contributed by atoms with Gasteiger partial charge in [0, 0.05) is 37.6 Å². The van der Waals surface area contributed by atoms with Gasteiger partial charge in [0.2, 0.25) is 0 Å². The second-order valence-electron chi connectivity index (χ2n) is 6.84. The summed E-state index contributed by atoms with van der Waals surface area (Å²) in [5.41, 5.74) is 14.1. The number of hydrogen-bond acceptors (Lipinski definition) is 6. The molecule has 2 heterocycles. The summed E-state index contributed by atoms with van der Waals surface area (Å²) in [6.45, 7) is 4.90. The van der Waals surface area contributed by atoms with Gasteiger partial charge in [-0.1, -0.05) is 30.3 Å². The standard InChI is InChI=1S/C19H29N5S/c20-8-10-24-12-16(11-17-14-25-19(21)23-17)18(13-24)22-9-4-7-15-5-2-1-3-6-15/h1-3,5-6,14,16,18,22H,4,7-13,20H2,(H2,21,23). The molecule has 1 aliphatic rings. The summed E-state index contributed by atoms with van der Waals surface area (Å²) in [6.07, 6.45) is 3.28. The first kappa shape index (κ1) is 18.3. The lowest BCUT2D eigenvalue weighted by atomic mass is 9.98. The van der Waals surface area contributed by atoms with E-state index < -0.39 is 0 Å². The minimum atomic E-state index is 0.505. The zero-order chi connectivity index (χ0) is 17.5. The van der Waals surface area contributed by atoms with E-state index in [1.807, 2.05) is 0 Å². The van der Waals surface area contributed by atoms with Crippen LogP contribution in [0.1, 0.15) is 17.7 Å². The van der Waals surface area contributed by atoms with E-state index in [1.54, 1.807) is 0 Å². The summed E-state index contributed by atoms with van der Waals surface area (Å²) in [5, 5.41) is 6.54. The van der Waals surface area contributed by atoms with Crippen molar-refractivity contribution in [2.24, 2.45) is 11.7 Å². The maximum atomic E-state index is 5.78. The lowest BCUT2D eigenvalue weighted by molar-refractivity contribution is 0.330. The highest BCUT2D eigenvalue weighted by molar-refractivity contribution is 7.13. The number of nitrogens with zero attached hydrogens (tertiary/aromatic N) is 2. The molecule has 1 aromatic carbocycles. The van der Waals surface area contributed by atoms with E-state index in [-0.39, 0.29) is 0 Å². The monoisotopic (exact) mass is 359 g/mol. The van der Waals surface area contributed by atoms with Crippen LogP contribution in [-0.4, -0.2) is 48.6 Å². The van der Waals surface area contributed by atoms with Gasteiger partial charge in [0.05, 0.1) is 5.69 Å². The summed E-state index contributed by atoms with van der Waals surface area (Å²) in [5.74, 6) is 0.574. The third-order valence-electron chi connectivity index (χ3n) is 4.89. The normalized spacial score (nSPS) is 21.0. The first-order valence-corrected chi connectivity index (χ1v) is 10.0. The fourth-order valence-electron chi connectivity index (χ4n) is 3.67. The van der Waals surface area contributed by atoms with Gasteiger partial charge in [0.15, 0.2) is 5.13 Å². The number of aryl methyl sites for hydroxylation is 1. The van der Waals surface area contributed by atoms with Crippen LogP contribution in [0.25, 0.3) is 0 Å². The molecule has 0 saturated carbocycles. The molecule has 6 heteroatoms. The largest absolute Gasteiger partial charge is 0.375 e. The predicted molar refractivity (Wildman–Crippen MR) is 106 cm³/mol. The molecule has 2 aromatic rings. The van der Waals surface area contributed by atoms with Gasteiger partial charge in [-0.05, 0) is 37.3 Å². The molecular weight excluding hydrogens is 330 g/mol. The summed E-state index contributed by atoms with van der Waals surface area (Å²) in [7, 11) is 0. The van der Waals surface area contributed by atoms with Crippen LogP contribution in [0.15, 0.2) is 35.7 Å². The third-order valence-corrected chi connectivity index (χ3v) is 5.62. The quantitative estimate of drug-likeness (QED) is 0.595. The van der Waals surface area contributed by atoms with E-state index in [0.29, 0.717) is 17.1 Å². The topological polar surface area (TPSA) is 80.2 Å². The minimum Gasteiger partial charge on any atom is -0.375 e. The highest BCUT2D eigenvalue weighted by Gasteiger charge is 2.32. The maximum absolute atomic E-state index is 5.78. The van der Waals surface area contributed by atoms with Crippen molar-refractivity contribution in [3.63, 3.8) is 0 Å². The highest BCUT2D eigenvalue weighted by atomic mass is 32.1. The van der Waals surface area contributed by atoms with Gasteiger partial charge in [0.25, 0.3) is 0 Å². The van der Waals surface area contributed by atoms with Crippen molar-refractivity contribution in [1.82, 2.24) is 15.2 Å². The molecule has 25 heavy (non-hydrogen) atoms. The van der Waals surface area contributed by atoms with Crippen molar-refractivity contribution in [2.45, 2.75) is 25.3 Å². The van der Waals surface area contributed by atoms with Crippen LogP contribution >= 0.6 is 11.3 Å². The Bertz CT molecular complexity index is 630. The van der Waals surface area contributed by atoms with E-state index in [4.69, 9.17) is 11.5 Å². The van der Waals surface area contributed by atoms with Crippen LogP contribution in [0.2, 0.25) is 0 Å². The number of anilines is 1. The zero-order valence-corrected chi connectivity index (χ0v) is 15.5. The van der Waals surface area contributed by atoms with Gasteiger partial charge in [0.1, 0.15) is 0 Å². The Morgan fingerprint density at radius 1 is 1.24 bits per heavy atom. The summed E-state index contributed by atoms with van der Waals surface area (Å²) in [6, 6.07) is 11.2. The van der Waals surface area contributed by atoms with Crippen LogP contribution < -0.4 is 16.8 Å². The van der Waals surface area contributed by atoms with Crippen molar-refractivity contribution >= 4 is 16.5 Å². The lowest BCUT2D eigenvalue weighted by Crippen LogP contribution is -2.38. The number of rotatable bonds is 9. The van der Waals surface area contributed by atoms with Crippen molar-refractivity contribution < 1.29 is 0 Å². The number of aromatic nitrogens is 1. The van der Waals surface area contributed by atoms with E-state index in [0.717, 1.165) is 57.7 Å². The van der Waals surface area contributed by atoms with Gasteiger partial charge in [-0.3, -0.25) is 0 Å². The number of thiazole rings is 1. The van der Waals surface area contributed by atoms with Crippen molar-refractivity contribution in [2.75, 3.05) is 38.5 Å². The second kappa shape index (κ2) is 9.29. The Balaban J connectivity index is 1.49. The molecule has 0 radical (unpaired) electrons. The average Bonchev–Trinajstić information content (AvgIpc) is 3.19. The Kier molecular flexibility index (Phi) is 6.81. The molecule has 5 nitrogen and oxygen atoms in total. The van der Waals surface area contributed by atoms with Crippen molar-refractivity contribution in [3.8, 4) is 0 Å². The average molecular weight is 360 g/mol. The molecule has 136 valence electrons. The summed E-state index contributed by atoms with van der Waals surface area (Å²) >= 11 is 1.53. The molecule has 1 fully saturated rings. The molecule has 2 unspecified atom stereocenters. The van der Waals surface area contributed by atoms with Gasteiger partial charge in [-0.25, -0.2) is 4.98 Å². The third kappa shape index (κ3) is 5.51. The SMILES string of the molecule is NCCN1CC(Cc2csc(N)n2)C(NCCCc2ccccc2)C1. The molecular formula is C19H29N5S. The molecule has 1 aromatic heterocycles. The zero-order valence-electron chi connectivity index (χ0n) is 14.7. The fourth-order valence-corrected chi connectivity index (χ4v) is 4.25. The second-order valence-corrected chi connectivity index (χ2v) is 7.73. The molecule has 0 spiro atoms. The van der Waals surface area contributed by atoms with Gasteiger partial charge in [-0.2, -0.15) is 0 Å². The van der Waals surface area contributed by atoms with E-state index in [2.05, 4.69) is 50.9 Å². The Hall–Kier alpha value is -1.47. The van der Waals surface area contributed by atoms with Crippen LogP contribution in [0.4, 0.5) is 5.13 Å². The van der Waals surface area contributed by atoms with Gasteiger partial charge < -0.3 is 21.7 Å². The number of benzene rings is 1. The molecule has 0 amide bonds. The lowest BCUT2D eigenvalue weighted by Gasteiger charge is -2.19. The summed E-state index contributed by atoms with van der Waals surface area (Å²) < 4.78 is 0. The van der Waals surface area contributed by atoms with Crippen LogP contribution in [0.5, 0.6) is 0 Å². The van der Waals surface area contributed by atoms with Crippen molar-refractivity contribution in [1.29, 1.82) is 0 Å². The Morgan fingerprint density at radius 3 is 2.80 bits per heavy atom. The fraction of sp³-hybridized carbons (Fsp3) is 0.526. The van der Waals surface area contributed by atoms with Crippen LogP contribution in [0, 0.1) is 5.92 Å². The van der Waals surface area contributed by atoms with Crippen LogP contribution in [-0.2, 0) is 12.8 Å². The molecule has 5 N–H and O–H groups in total. The van der Waals surface area contributed by atoms with Crippen molar-refractivity contribution in [3.05, 3.63) is 47.0 Å². The van der Waals surface area contributed by atoms with E-state index in [9.17, 15) is 0 Å². The molecule has 0 aliphatic carbocycles. The number of nitrogens with one attached hydrogen (secondary N) is 1. The maximum Gasteiger partial charge on any atom is 0.180 e. The highest BCUT2D eigenvalue weighted by Crippen LogP contribution is 2.23. The van der Waals surface area contributed by atoms with E-state index in [1.165, 1.54) is 16.9 Å². The molecule has 0 bridgehead atoms. The minimum absolute atomic E-state index is 0.505. The number of nitrogen functional groups attached to an aromatic ring is 1. The van der Waals surface area contributed by atoms with Crippen LogP contribution in [0.3, 0.4) is 0 Å². The first-order chi connectivity index (χ1) is 12.2. The van der Waals surface area contributed by atoms with Gasteiger partial charge >= 0.3 is 0 Å². The smallest absolute Gasteiger partial charge is 0.180 e. The Morgan fingerprint density at radius 2 is 2.08 bits per heavy atom. The molecule has 2 atom stereocenters. The number of likely N-dealkylation sites (tertiary alicyclic amines) is 1. The molecule has 1 saturated heterocycles. The molecule has 1 aliphatic heterocycles. The van der Waals surface area contributed by atoms with Gasteiger partial charge in [-0.15, -0.1) is 11.3 Å². The molecule has 3 rings (SSSR count). The Labute approximate surface area is 154 Å². The number of hydrogen-bond donors (Lipinski definition) is 3. The first-order valence-electron chi connectivity index (χ1n) is 9.14. The predicted octanol–water partition coefficient (Wildman–Crippen LogP) is 1.75.